The van der Waals surface area contributed by atoms with Gasteiger partial charge in [0, 0.05) is 17.1 Å². The molecule has 180 valence electrons. The average Bonchev–Trinajstić information content (AvgIpc) is 3.31. The lowest BCUT2D eigenvalue weighted by atomic mass is 10.3. The number of nitrogens with zero attached hydrogens (tertiary/aromatic N) is 3. The Labute approximate surface area is 208 Å². The molecule has 4 aromatic rings. The van der Waals surface area contributed by atoms with Crippen LogP contribution in [0.5, 0.6) is 11.5 Å². The van der Waals surface area contributed by atoms with Crippen LogP contribution in [0, 0.1) is 0 Å². The molecule has 0 spiro atoms. The number of nitrogens with one attached hydrogen (secondary N) is 2. The van der Waals surface area contributed by atoms with Gasteiger partial charge in [-0.3, -0.25) is 9.36 Å². The SMILES string of the molecule is CCOc1ccc(NC(=O)CSc2nnc(CNc3ccc(OC)cc3)n2-c2ccccc2)cc1. The third-order valence-corrected chi connectivity index (χ3v) is 5.97. The number of rotatable bonds is 11. The third-order valence-electron chi connectivity index (χ3n) is 5.04. The van der Waals surface area contributed by atoms with Gasteiger partial charge in [-0.05, 0) is 67.6 Å². The molecular weight excluding hydrogens is 462 g/mol. The summed E-state index contributed by atoms with van der Waals surface area (Å²) in [7, 11) is 1.64. The second kappa shape index (κ2) is 11.9. The maximum atomic E-state index is 12.6. The number of amides is 1. The highest BCUT2D eigenvalue weighted by Gasteiger charge is 2.16. The van der Waals surface area contributed by atoms with Crippen LogP contribution in [0.1, 0.15) is 12.7 Å². The van der Waals surface area contributed by atoms with Gasteiger partial charge in [-0.2, -0.15) is 0 Å². The van der Waals surface area contributed by atoms with Gasteiger partial charge in [0.05, 0.1) is 26.0 Å². The van der Waals surface area contributed by atoms with Crippen molar-refractivity contribution in [3.05, 3.63) is 84.7 Å². The van der Waals surface area contributed by atoms with Crippen LogP contribution in [-0.4, -0.2) is 40.1 Å². The van der Waals surface area contributed by atoms with Crippen molar-refractivity contribution in [3.63, 3.8) is 0 Å². The van der Waals surface area contributed by atoms with Gasteiger partial charge in [-0.15, -0.1) is 10.2 Å². The summed E-state index contributed by atoms with van der Waals surface area (Å²) < 4.78 is 12.6. The highest BCUT2D eigenvalue weighted by Crippen LogP contribution is 2.24. The van der Waals surface area contributed by atoms with Crippen LogP contribution in [0.25, 0.3) is 5.69 Å². The fourth-order valence-corrected chi connectivity index (χ4v) is 4.13. The van der Waals surface area contributed by atoms with Crippen LogP contribution in [0.4, 0.5) is 11.4 Å². The van der Waals surface area contributed by atoms with Crippen LogP contribution >= 0.6 is 11.8 Å². The number of ether oxygens (including phenoxy) is 2. The highest BCUT2D eigenvalue weighted by molar-refractivity contribution is 7.99. The van der Waals surface area contributed by atoms with Crippen molar-refractivity contribution < 1.29 is 14.3 Å². The summed E-state index contributed by atoms with van der Waals surface area (Å²) in [5, 5.41) is 15.7. The minimum absolute atomic E-state index is 0.125. The maximum Gasteiger partial charge on any atom is 0.234 e. The van der Waals surface area contributed by atoms with E-state index in [1.54, 1.807) is 7.11 Å². The monoisotopic (exact) mass is 489 g/mol. The van der Waals surface area contributed by atoms with E-state index in [0.717, 1.165) is 28.7 Å². The summed E-state index contributed by atoms with van der Waals surface area (Å²) in [6, 6.07) is 24.9. The average molecular weight is 490 g/mol. The number of hydrogen-bond acceptors (Lipinski definition) is 7. The molecule has 2 N–H and O–H groups in total. The summed E-state index contributed by atoms with van der Waals surface area (Å²) in [4.78, 5) is 12.6. The van der Waals surface area contributed by atoms with Crippen molar-refractivity contribution in [2.24, 2.45) is 0 Å². The molecule has 0 bridgehead atoms. The molecule has 8 nitrogen and oxygen atoms in total. The summed E-state index contributed by atoms with van der Waals surface area (Å²) in [6.45, 7) is 3.00. The maximum absolute atomic E-state index is 12.6. The Morgan fingerprint density at radius 1 is 0.914 bits per heavy atom. The fraction of sp³-hybridized carbons (Fsp3) is 0.192. The van der Waals surface area contributed by atoms with E-state index in [2.05, 4.69) is 20.8 Å². The van der Waals surface area contributed by atoms with Crippen LogP contribution in [0.15, 0.2) is 84.0 Å². The van der Waals surface area contributed by atoms with Gasteiger partial charge >= 0.3 is 0 Å². The lowest BCUT2D eigenvalue weighted by Crippen LogP contribution is -2.15. The summed E-state index contributed by atoms with van der Waals surface area (Å²) in [5.41, 5.74) is 2.59. The van der Waals surface area contributed by atoms with Gasteiger partial charge in [0.2, 0.25) is 5.91 Å². The quantitative estimate of drug-likeness (QED) is 0.286. The van der Waals surface area contributed by atoms with Crippen LogP contribution in [-0.2, 0) is 11.3 Å². The Bertz CT molecular complexity index is 1230. The molecular formula is C26H27N5O3S. The predicted octanol–water partition coefficient (Wildman–Crippen LogP) is 5.02. The number of carbonyl (C=O) groups is 1. The molecule has 0 aliphatic rings. The summed E-state index contributed by atoms with van der Waals surface area (Å²) >= 11 is 1.34. The second-order valence-electron chi connectivity index (χ2n) is 7.45. The Morgan fingerprint density at radius 2 is 1.60 bits per heavy atom. The zero-order chi connectivity index (χ0) is 24.5. The number of aromatic nitrogens is 3. The molecule has 0 atom stereocenters. The molecule has 4 rings (SSSR count). The molecule has 9 heteroatoms. The molecule has 0 fully saturated rings. The lowest BCUT2D eigenvalue weighted by Gasteiger charge is -2.12. The number of para-hydroxylation sites is 1. The van der Waals surface area contributed by atoms with Crippen molar-refractivity contribution in [1.82, 2.24) is 14.8 Å². The molecule has 1 amide bonds. The Morgan fingerprint density at radius 3 is 2.29 bits per heavy atom. The minimum Gasteiger partial charge on any atom is -0.497 e. The van der Waals surface area contributed by atoms with E-state index in [-0.39, 0.29) is 11.7 Å². The molecule has 0 saturated heterocycles. The predicted molar refractivity (Wildman–Crippen MR) is 139 cm³/mol. The molecule has 3 aromatic carbocycles. The van der Waals surface area contributed by atoms with Gasteiger partial charge in [0.1, 0.15) is 11.5 Å². The van der Waals surface area contributed by atoms with E-state index in [4.69, 9.17) is 9.47 Å². The highest BCUT2D eigenvalue weighted by atomic mass is 32.2. The van der Waals surface area contributed by atoms with E-state index < -0.39 is 0 Å². The largest absolute Gasteiger partial charge is 0.497 e. The smallest absolute Gasteiger partial charge is 0.234 e. The first-order valence-electron chi connectivity index (χ1n) is 11.2. The zero-order valence-corrected chi connectivity index (χ0v) is 20.4. The lowest BCUT2D eigenvalue weighted by molar-refractivity contribution is -0.113. The van der Waals surface area contributed by atoms with Gasteiger partial charge in [-0.1, -0.05) is 30.0 Å². The zero-order valence-electron chi connectivity index (χ0n) is 19.6. The molecule has 0 saturated carbocycles. The van der Waals surface area contributed by atoms with Crippen LogP contribution in [0.3, 0.4) is 0 Å². The van der Waals surface area contributed by atoms with Crippen molar-refractivity contribution in [2.45, 2.75) is 18.6 Å². The molecule has 0 unspecified atom stereocenters. The molecule has 0 aliphatic heterocycles. The van der Waals surface area contributed by atoms with Gasteiger partial charge in [0.25, 0.3) is 0 Å². The van der Waals surface area contributed by atoms with Crippen molar-refractivity contribution in [2.75, 3.05) is 30.1 Å². The summed E-state index contributed by atoms with van der Waals surface area (Å²) in [5.74, 6) is 2.38. The molecule has 0 aliphatic carbocycles. The summed E-state index contributed by atoms with van der Waals surface area (Å²) in [6.07, 6.45) is 0. The Kier molecular flexibility index (Phi) is 8.24. The standard InChI is InChI=1S/C26H27N5O3S/c1-3-34-23-15-11-20(12-16-23)28-25(32)18-35-26-30-29-24(31(26)21-7-5-4-6-8-21)17-27-19-9-13-22(33-2)14-10-19/h4-16,27H,3,17-18H2,1-2H3,(H,28,32). The molecule has 0 radical (unpaired) electrons. The van der Waals surface area contributed by atoms with Crippen LogP contribution < -0.4 is 20.1 Å². The first kappa shape index (κ1) is 24.2. The number of thioether (sulfide) groups is 1. The van der Waals surface area contributed by atoms with Crippen molar-refractivity contribution >= 4 is 29.0 Å². The normalized spacial score (nSPS) is 10.6. The number of hydrogen-bond donors (Lipinski definition) is 2. The number of anilines is 2. The van der Waals surface area contributed by atoms with Crippen molar-refractivity contribution in [1.29, 1.82) is 0 Å². The minimum atomic E-state index is -0.125. The van der Waals surface area contributed by atoms with Crippen molar-refractivity contribution in [3.8, 4) is 17.2 Å². The first-order chi connectivity index (χ1) is 17.2. The van der Waals surface area contributed by atoms with Gasteiger partial charge in [0.15, 0.2) is 11.0 Å². The van der Waals surface area contributed by atoms with E-state index in [1.165, 1.54) is 11.8 Å². The number of benzene rings is 3. The number of carbonyl (C=O) groups excluding carboxylic acids is 1. The second-order valence-corrected chi connectivity index (χ2v) is 8.39. The van der Waals surface area contributed by atoms with E-state index in [9.17, 15) is 4.79 Å². The van der Waals surface area contributed by atoms with Gasteiger partial charge in [-0.25, -0.2) is 0 Å². The molecule has 35 heavy (non-hydrogen) atoms. The fourth-order valence-electron chi connectivity index (χ4n) is 3.36. The first-order valence-corrected chi connectivity index (χ1v) is 12.2. The van der Waals surface area contributed by atoms with Gasteiger partial charge < -0.3 is 20.1 Å². The van der Waals surface area contributed by atoms with E-state index in [0.29, 0.717) is 24.0 Å². The van der Waals surface area contributed by atoms with E-state index >= 15 is 0 Å². The van der Waals surface area contributed by atoms with E-state index in [1.807, 2.05) is 90.4 Å². The molecule has 1 aromatic heterocycles. The topological polar surface area (TPSA) is 90.3 Å². The molecule has 1 heterocycles. The van der Waals surface area contributed by atoms with Crippen LogP contribution in [0.2, 0.25) is 0 Å². The number of methoxy groups -OCH3 is 1. The Balaban J connectivity index is 1.43. The third kappa shape index (κ3) is 6.54. The Hall–Kier alpha value is -3.98.